The molecule has 31 heavy (non-hydrogen) atoms. The van der Waals surface area contributed by atoms with Gasteiger partial charge in [0.1, 0.15) is 11.6 Å². The zero-order chi connectivity index (χ0) is 21.9. The number of aliphatic hydroxyl groups is 1. The number of hydrogen-bond acceptors (Lipinski definition) is 4. The van der Waals surface area contributed by atoms with Crippen LogP contribution in [-0.4, -0.2) is 61.8 Å². The Bertz CT molecular complexity index is 915. The number of ether oxygens (including phenoxy) is 1. The van der Waals surface area contributed by atoms with Crippen LogP contribution in [0.5, 0.6) is 5.75 Å². The molecule has 1 saturated heterocycles. The van der Waals surface area contributed by atoms with E-state index in [4.69, 9.17) is 16.3 Å². The Hall–Kier alpha value is -2.06. The number of nitrogens with one attached hydrogen (secondary N) is 1. The summed E-state index contributed by atoms with van der Waals surface area (Å²) in [7, 11) is 5.46. The number of urea groups is 1. The minimum atomic E-state index is -1.09. The van der Waals surface area contributed by atoms with E-state index in [2.05, 4.69) is 5.32 Å². The number of methoxy groups -OCH3 is 1. The summed E-state index contributed by atoms with van der Waals surface area (Å²) in [5, 5.41) is 14.3. The van der Waals surface area contributed by atoms with Crippen LogP contribution in [0.2, 0.25) is 5.02 Å². The fourth-order valence-corrected chi connectivity index (χ4v) is 4.08. The fourth-order valence-electron chi connectivity index (χ4n) is 3.90. The molecule has 3 rings (SSSR count). The molecule has 2 atom stereocenters. The Kier molecular flexibility index (Phi) is 8.54. The molecular formula is C22H28Cl2FN3O3. The zero-order valence-corrected chi connectivity index (χ0v) is 19.3. The van der Waals surface area contributed by atoms with Crippen molar-refractivity contribution < 1.29 is 19.0 Å². The molecule has 0 aliphatic carbocycles. The van der Waals surface area contributed by atoms with E-state index >= 15 is 0 Å². The van der Waals surface area contributed by atoms with Gasteiger partial charge >= 0.3 is 6.03 Å². The first-order chi connectivity index (χ1) is 14.2. The quantitative estimate of drug-likeness (QED) is 0.685. The molecule has 170 valence electrons. The van der Waals surface area contributed by atoms with Crippen molar-refractivity contribution in [2.24, 2.45) is 5.92 Å². The summed E-state index contributed by atoms with van der Waals surface area (Å²) in [4.78, 5) is 16.5. The van der Waals surface area contributed by atoms with Crippen LogP contribution in [0.3, 0.4) is 0 Å². The Morgan fingerprint density at radius 3 is 2.74 bits per heavy atom. The molecule has 1 aliphatic heterocycles. The summed E-state index contributed by atoms with van der Waals surface area (Å²) in [6.07, 6.45) is 0.385. The third-order valence-electron chi connectivity index (χ3n) is 5.49. The van der Waals surface area contributed by atoms with Crippen molar-refractivity contribution in [1.82, 2.24) is 9.80 Å². The summed E-state index contributed by atoms with van der Waals surface area (Å²) in [5.41, 5.74) is 0.109. The molecule has 2 aromatic rings. The highest BCUT2D eigenvalue weighted by Gasteiger charge is 2.44. The van der Waals surface area contributed by atoms with Crippen molar-refractivity contribution in [3.63, 3.8) is 0 Å². The van der Waals surface area contributed by atoms with Gasteiger partial charge in [-0.25, -0.2) is 9.18 Å². The van der Waals surface area contributed by atoms with Gasteiger partial charge in [-0.2, -0.15) is 0 Å². The van der Waals surface area contributed by atoms with Crippen LogP contribution in [0, 0.1) is 11.7 Å². The number of hydrogen-bond donors (Lipinski definition) is 2. The van der Waals surface area contributed by atoms with E-state index in [1.54, 1.807) is 12.0 Å². The van der Waals surface area contributed by atoms with Gasteiger partial charge in [-0.1, -0.05) is 23.7 Å². The predicted molar refractivity (Wildman–Crippen MR) is 123 cm³/mol. The summed E-state index contributed by atoms with van der Waals surface area (Å²) in [6.45, 7) is 1.34. The Morgan fingerprint density at radius 1 is 1.35 bits per heavy atom. The van der Waals surface area contributed by atoms with Crippen molar-refractivity contribution in [3.8, 4) is 5.75 Å². The minimum absolute atomic E-state index is 0. The van der Waals surface area contributed by atoms with Gasteiger partial charge in [-0.3, -0.25) is 0 Å². The molecule has 1 fully saturated rings. The van der Waals surface area contributed by atoms with Crippen LogP contribution in [-0.2, 0) is 5.60 Å². The number of amides is 2. The molecule has 2 unspecified atom stereocenters. The molecule has 9 heteroatoms. The third-order valence-corrected chi connectivity index (χ3v) is 5.78. The van der Waals surface area contributed by atoms with E-state index in [0.29, 0.717) is 37.5 Å². The maximum atomic E-state index is 13.4. The highest BCUT2D eigenvalue weighted by molar-refractivity contribution is 6.31. The SMILES string of the molecule is COc1cccc(C2(O)CCN(C(=O)Nc3ccc(F)c(Cl)c3)CC2CN(C)C)c1.Cl. The zero-order valence-electron chi connectivity index (χ0n) is 17.8. The van der Waals surface area contributed by atoms with E-state index < -0.39 is 11.4 Å². The summed E-state index contributed by atoms with van der Waals surface area (Å²) in [5.74, 6) is -0.0733. The third kappa shape index (κ3) is 5.80. The van der Waals surface area contributed by atoms with Crippen molar-refractivity contribution in [2.75, 3.05) is 46.2 Å². The number of nitrogens with zero attached hydrogens (tertiary/aromatic N) is 2. The molecule has 2 N–H and O–H groups in total. The van der Waals surface area contributed by atoms with Gasteiger partial charge < -0.3 is 25.0 Å². The lowest BCUT2D eigenvalue weighted by Gasteiger charge is -2.45. The maximum Gasteiger partial charge on any atom is 0.321 e. The number of anilines is 1. The molecule has 2 amide bonds. The van der Waals surface area contributed by atoms with Crippen LogP contribution < -0.4 is 10.1 Å². The van der Waals surface area contributed by atoms with Gasteiger partial charge in [-0.05, 0) is 56.4 Å². The topological polar surface area (TPSA) is 65.0 Å². The molecule has 0 spiro atoms. The number of benzene rings is 2. The van der Waals surface area contributed by atoms with E-state index in [0.717, 1.165) is 5.56 Å². The van der Waals surface area contributed by atoms with Crippen LogP contribution in [0.15, 0.2) is 42.5 Å². The molecule has 6 nitrogen and oxygen atoms in total. The first kappa shape index (κ1) is 25.2. The molecule has 1 aliphatic rings. The highest BCUT2D eigenvalue weighted by atomic mass is 35.5. The number of rotatable bonds is 5. The Balaban J connectivity index is 0.00000341. The Labute approximate surface area is 193 Å². The first-order valence-corrected chi connectivity index (χ1v) is 10.1. The Morgan fingerprint density at radius 2 is 2.10 bits per heavy atom. The second-order valence-electron chi connectivity index (χ2n) is 7.87. The molecule has 1 heterocycles. The van der Waals surface area contributed by atoms with Gasteiger partial charge in [0.2, 0.25) is 0 Å². The number of likely N-dealkylation sites (tertiary alicyclic amines) is 1. The maximum absolute atomic E-state index is 13.4. The summed E-state index contributed by atoms with van der Waals surface area (Å²) in [6, 6.07) is 11.2. The normalized spacial score (nSPS) is 20.9. The smallest absolute Gasteiger partial charge is 0.321 e. The summed E-state index contributed by atoms with van der Waals surface area (Å²) >= 11 is 5.80. The predicted octanol–water partition coefficient (Wildman–Crippen LogP) is 4.21. The van der Waals surface area contributed by atoms with Crippen LogP contribution in [0.1, 0.15) is 12.0 Å². The van der Waals surface area contributed by atoms with Crippen LogP contribution >= 0.6 is 24.0 Å². The van der Waals surface area contributed by atoms with Gasteiger partial charge in [0.15, 0.2) is 0 Å². The van der Waals surface area contributed by atoms with Crippen molar-refractivity contribution in [2.45, 2.75) is 12.0 Å². The molecule has 0 radical (unpaired) electrons. The van der Waals surface area contributed by atoms with Gasteiger partial charge in [-0.15, -0.1) is 12.4 Å². The van der Waals surface area contributed by atoms with Crippen molar-refractivity contribution >= 4 is 35.7 Å². The monoisotopic (exact) mass is 471 g/mol. The minimum Gasteiger partial charge on any atom is -0.497 e. The van der Waals surface area contributed by atoms with Gasteiger partial charge in [0, 0.05) is 31.2 Å². The summed E-state index contributed by atoms with van der Waals surface area (Å²) < 4.78 is 18.7. The second-order valence-corrected chi connectivity index (χ2v) is 8.28. The number of piperidine rings is 1. The molecule has 0 bridgehead atoms. The molecular weight excluding hydrogens is 444 g/mol. The van der Waals surface area contributed by atoms with Crippen LogP contribution in [0.25, 0.3) is 0 Å². The van der Waals surface area contributed by atoms with E-state index in [-0.39, 0.29) is 29.4 Å². The lowest BCUT2D eigenvalue weighted by molar-refractivity contribution is -0.0750. The van der Waals surface area contributed by atoms with Gasteiger partial charge in [0.25, 0.3) is 0 Å². The second kappa shape index (κ2) is 10.5. The largest absolute Gasteiger partial charge is 0.497 e. The molecule has 0 saturated carbocycles. The average Bonchev–Trinajstić information content (AvgIpc) is 2.72. The lowest BCUT2D eigenvalue weighted by atomic mass is 9.75. The standard InChI is InChI=1S/C22H27ClFN3O3.ClH/c1-26(2)13-16-14-27(21(28)25-17-7-8-20(24)19(23)12-17)10-9-22(16,29)15-5-4-6-18(11-15)30-3;/h4-8,11-12,16,29H,9-10,13-14H2,1-3H3,(H,25,28);1H. The molecule has 0 aromatic heterocycles. The van der Waals surface area contributed by atoms with E-state index in [1.165, 1.54) is 18.2 Å². The van der Waals surface area contributed by atoms with Crippen LogP contribution in [0.4, 0.5) is 14.9 Å². The van der Waals surface area contributed by atoms with Crippen molar-refractivity contribution in [1.29, 1.82) is 0 Å². The van der Waals surface area contributed by atoms with Gasteiger partial charge in [0.05, 0.1) is 17.7 Å². The number of halogens is 3. The number of carbonyl (C=O) groups excluding carboxylic acids is 1. The first-order valence-electron chi connectivity index (χ1n) is 9.75. The average molecular weight is 472 g/mol. The van der Waals surface area contributed by atoms with E-state index in [9.17, 15) is 14.3 Å². The number of carbonyl (C=O) groups is 1. The molecule has 2 aromatic carbocycles. The fraction of sp³-hybridized carbons (Fsp3) is 0.409. The highest BCUT2D eigenvalue weighted by Crippen LogP contribution is 2.39. The van der Waals surface area contributed by atoms with E-state index in [1.807, 2.05) is 43.3 Å². The van der Waals surface area contributed by atoms with Crippen molar-refractivity contribution in [3.05, 3.63) is 58.9 Å². The lowest BCUT2D eigenvalue weighted by Crippen LogP contribution is -2.55.